The van der Waals surface area contributed by atoms with Crippen LogP contribution in [-0.2, 0) is 13.2 Å². The molecule has 3 nitrogen and oxygen atoms in total. The molecule has 27 heavy (non-hydrogen) atoms. The molecule has 0 aliphatic carbocycles. The van der Waals surface area contributed by atoms with Gasteiger partial charge < -0.3 is 14.8 Å². The van der Waals surface area contributed by atoms with Crippen molar-refractivity contribution in [2.24, 2.45) is 0 Å². The van der Waals surface area contributed by atoms with E-state index in [4.69, 9.17) is 21.1 Å². The van der Waals surface area contributed by atoms with Gasteiger partial charge in [-0.3, -0.25) is 0 Å². The van der Waals surface area contributed by atoms with Gasteiger partial charge in [0.15, 0.2) is 11.5 Å². The van der Waals surface area contributed by atoms with Gasteiger partial charge >= 0.3 is 0 Å². The van der Waals surface area contributed by atoms with Crippen LogP contribution in [-0.4, -0.2) is 6.61 Å². The van der Waals surface area contributed by atoms with Crippen LogP contribution in [0.4, 0.5) is 5.69 Å². The van der Waals surface area contributed by atoms with Crippen molar-refractivity contribution in [3.63, 3.8) is 0 Å². The number of para-hydroxylation sites is 1. The predicted molar refractivity (Wildman–Crippen MR) is 115 cm³/mol. The predicted octanol–water partition coefficient (Wildman–Crippen LogP) is 6.69. The first kappa shape index (κ1) is 19.6. The van der Waals surface area contributed by atoms with Crippen molar-refractivity contribution in [3.8, 4) is 11.5 Å². The molecule has 0 spiro atoms. The highest BCUT2D eigenvalue weighted by Gasteiger charge is 2.13. The van der Waals surface area contributed by atoms with Gasteiger partial charge in [0, 0.05) is 17.3 Å². The number of benzene rings is 3. The number of anilines is 1. The lowest BCUT2D eigenvalue weighted by Gasteiger charge is -2.16. The zero-order chi connectivity index (χ0) is 19.1. The molecule has 0 amide bonds. The SMILES string of the molecule is CCOc1cc(CNc2ccccc2)cc(Br)c1OCc1cccc(Cl)c1. The molecule has 3 rings (SSSR count). The second-order valence-corrected chi connectivity index (χ2v) is 7.27. The lowest BCUT2D eigenvalue weighted by atomic mass is 10.2. The number of nitrogens with one attached hydrogen (secondary N) is 1. The summed E-state index contributed by atoms with van der Waals surface area (Å²) in [5.41, 5.74) is 3.18. The molecule has 0 aliphatic heterocycles. The highest BCUT2D eigenvalue weighted by atomic mass is 79.9. The van der Waals surface area contributed by atoms with Crippen molar-refractivity contribution in [3.05, 3.63) is 87.4 Å². The van der Waals surface area contributed by atoms with Gasteiger partial charge in [0.1, 0.15) is 6.61 Å². The zero-order valence-electron chi connectivity index (χ0n) is 15.0. The monoisotopic (exact) mass is 445 g/mol. The standard InChI is InChI=1S/C22H21BrClNO2/c1-2-26-21-13-17(14-25-19-9-4-3-5-10-19)12-20(23)22(21)27-15-16-7-6-8-18(24)11-16/h3-13,25H,2,14-15H2,1H3. The van der Waals surface area contributed by atoms with Crippen LogP contribution in [0.15, 0.2) is 71.2 Å². The van der Waals surface area contributed by atoms with Crippen molar-refractivity contribution in [2.45, 2.75) is 20.1 Å². The lowest BCUT2D eigenvalue weighted by molar-refractivity contribution is 0.267. The smallest absolute Gasteiger partial charge is 0.175 e. The van der Waals surface area contributed by atoms with Gasteiger partial charge in [-0.2, -0.15) is 0 Å². The zero-order valence-corrected chi connectivity index (χ0v) is 17.4. The Morgan fingerprint density at radius 2 is 1.74 bits per heavy atom. The molecule has 5 heteroatoms. The van der Waals surface area contributed by atoms with E-state index < -0.39 is 0 Å². The summed E-state index contributed by atoms with van der Waals surface area (Å²) in [5.74, 6) is 1.42. The first-order valence-electron chi connectivity index (χ1n) is 8.77. The normalized spacial score (nSPS) is 10.5. The summed E-state index contributed by atoms with van der Waals surface area (Å²) in [6, 6.07) is 21.8. The minimum atomic E-state index is 0.418. The number of halogens is 2. The van der Waals surface area contributed by atoms with Gasteiger partial charge in [-0.1, -0.05) is 41.9 Å². The summed E-state index contributed by atoms with van der Waals surface area (Å²) in [4.78, 5) is 0. The fraction of sp³-hybridized carbons (Fsp3) is 0.182. The Morgan fingerprint density at radius 3 is 2.48 bits per heavy atom. The Hall–Kier alpha value is -2.17. The average Bonchev–Trinajstić information content (AvgIpc) is 2.67. The van der Waals surface area contributed by atoms with Crippen molar-refractivity contribution in [2.75, 3.05) is 11.9 Å². The molecule has 140 valence electrons. The van der Waals surface area contributed by atoms with Gasteiger partial charge in [-0.05, 0) is 70.4 Å². The van der Waals surface area contributed by atoms with E-state index in [1.165, 1.54) is 0 Å². The molecular formula is C22H21BrClNO2. The summed E-state index contributed by atoms with van der Waals surface area (Å²) in [6.45, 7) is 3.64. The summed E-state index contributed by atoms with van der Waals surface area (Å²) in [5, 5.41) is 4.11. The molecule has 0 unspecified atom stereocenters. The molecule has 0 radical (unpaired) electrons. The van der Waals surface area contributed by atoms with Crippen LogP contribution in [0.5, 0.6) is 11.5 Å². The van der Waals surface area contributed by atoms with E-state index in [2.05, 4.69) is 21.2 Å². The molecule has 0 aliphatic rings. The Labute approximate surface area is 173 Å². The fourth-order valence-corrected chi connectivity index (χ4v) is 3.49. The second-order valence-electron chi connectivity index (χ2n) is 5.98. The summed E-state index contributed by atoms with van der Waals surface area (Å²) >= 11 is 9.67. The van der Waals surface area contributed by atoms with Crippen molar-refractivity contribution < 1.29 is 9.47 Å². The quantitative estimate of drug-likeness (QED) is 0.418. The largest absolute Gasteiger partial charge is 0.490 e. The van der Waals surface area contributed by atoms with Gasteiger partial charge in [0.25, 0.3) is 0 Å². The molecule has 1 N–H and O–H groups in total. The van der Waals surface area contributed by atoms with Gasteiger partial charge in [0.05, 0.1) is 11.1 Å². The van der Waals surface area contributed by atoms with Crippen LogP contribution in [0.3, 0.4) is 0 Å². The maximum absolute atomic E-state index is 6.05. The van der Waals surface area contributed by atoms with Gasteiger partial charge in [-0.15, -0.1) is 0 Å². The van der Waals surface area contributed by atoms with Gasteiger partial charge in [-0.25, -0.2) is 0 Å². The molecule has 0 saturated heterocycles. The van der Waals surface area contributed by atoms with Crippen molar-refractivity contribution in [1.82, 2.24) is 0 Å². The van der Waals surface area contributed by atoms with Crippen LogP contribution in [0, 0.1) is 0 Å². The maximum Gasteiger partial charge on any atom is 0.175 e. The highest BCUT2D eigenvalue weighted by molar-refractivity contribution is 9.10. The van der Waals surface area contributed by atoms with Gasteiger partial charge in [0.2, 0.25) is 0 Å². The number of ether oxygens (including phenoxy) is 2. The Bertz CT molecular complexity index is 887. The van der Waals surface area contributed by atoms with Crippen LogP contribution in [0.2, 0.25) is 5.02 Å². The third-order valence-electron chi connectivity index (χ3n) is 3.91. The molecular weight excluding hydrogens is 426 g/mol. The molecule has 0 aromatic heterocycles. The first-order chi connectivity index (χ1) is 13.2. The highest BCUT2D eigenvalue weighted by Crippen LogP contribution is 2.37. The second kappa shape index (κ2) is 9.67. The molecule has 0 atom stereocenters. The molecule has 0 heterocycles. The summed E-state index contributed by atoms with van der Waals surface area (Å²) < 4.78 is 12.7. The average molecular weight is 447 g/mol. The molecule has 3 aromatic rings. The van der Waals surface area contributed by atoms with Crippen molar-refractivity contribution >= 4 is 33.2 Å². The topological polar surface area (TPSA) is 30.5 Å². The first-order valence-corrected chi connectivity index (χ1v) is 9.94. The Kier molecular flexibility index (Phi) is 7.02. The minimum Gasteiger partial charge on any atom is -0.490 e. The Morgan fingerprint density at radius 1 is 0.926 bits per heavy atom. The van der Waals surface area contributed by atoms with E-state index in [9.17, 15) is 0 Å². The van der Waals surface area contributed by atoms with Crippen LogP contribution in [0.25, 0.3) is 0 Å². The van der Waals surface area contributed by atoms with Crippen LogP contribution < -0.4 is 14.8 Å². The van der Waals surface area contributed by atoms with E-state index in [-0.39, 0.29) is 0 Å². The maximum atomic E-state index is 6.05. The fourth-order valence-electron chi connectivity index (χ4n) is 2.67. The van der Waals surface area contributed by atoms with E-state index in [0.29, 0.717) is 30.5 Å². The van der Waals surface area contributed by atoms with Crippen LogP contribution in [0.1, 0.15) is 18.1 Å². The van der Waals surface area contributed by atoms with Crippen molar-refractivity contribution in [1.29, 1.82) is 0 Å². The molecule has 0 bridgehead atoms. The van der Waals surface area contributed by atoms with E-state index in [1.54, 1.807) is 0 Å². The van der Waals surface area contributed by atoms with E-state index >= 15 is 0 Å². The van der Waals surface area contributed by atoms with Crippen LogP contribution >= 0.6 is 27.5 Å². The summed E-state index contributed by atoms with van der Waals surface area (Å²) in [7, 11) is 0. The third kappa shape index (κ3) is 5.65. The Balaban J connectivity index is 1.75. The lowest BCUT2D eigenvalue weighted by Crippen LogP contribution is -2.04. The number of hydrogen-bond acceptors (Lipinski definition) is 3. The van der Waals surface area contributed by atoms with E-state index in [0.717, 1.165) is 27.0 Å². The third-order valence-corrected chi connectivity index (χ3v) is 4.74. The number of rotatable bonds is 8. The number of hydrogen-bond donors (Lipinski definition) is 1. The molecule has 0 saturated carbocycles. The molecule has 3 aromatic carbocycles. The summed E-state index contributed by atoms with van der Waals surface area (Å²) in [6.07, 6.45) is 0. The molecule has 0 fully saturated rings. The van der Waals surface area contributed by atoms with E-state index in [1.807, 2.05) is 73.7 Å². The minimum absolute atomic E-state index is 0.418.